The van der Waals surface area contributed by atoms with Gasteiger partial charge < -0.3 is 9.47 Å². The molecule has 190 valence electrons. The highest BCUT2D eigenvalue weighted by atomic mass is 16.5. The van der Waals surface area contributed by atoms with Crippen molar-refractivity contribution in [2.75, 3.05) is 13.7 Å². The van der Waals surface area contributed by atoms with E-state index in [-0.39, 0.29) is 29.3 Å². The maximum atomic E-state index is 13.8. The van der Waals surface area contributed by atoms with Gasteiger partial charge in [0.2, 0.25) is 0 Å². The van der Waals surface area contributed by atoms with Gasteiger partial charge in [-0.3, -0.25) is 9.59 Å². The molecule has 4 atom stereocenters. The standard InChI is InChI=1S/C32H38O4/c1-6-36-29(22-10-8-7-9-11-22)16-17-32(4)28(19-24(21(2)3)20-30(32)33)27-14-12-23-18-25(35-5)13-15-26(23)31(27)34/h7-11,13,15-16,18,24,27-28H,2,6,12,14,17,19-20H2,1,3-5H3/b29-16+/t24-,27-,28-,32-/m1/s1. The molecule has 0 saturated heterocycles. The fourth-order valence-corrected chi connectivity index (χ4v) is 6.06. The Bertz CT molecular complexity index is 1160. The van der Waals surface area contributed by atoms with Crippen LogP contribution in [-0.4, -0.2) is 25.3 Å². The van der Waals surface area contributed by atoms with E-state index in [1.54, 1.807) is 7.11 Å². The summed E-state index contributed by atoms with van der Waals surface area (Å²) in [6.45, 7) is 10.8. The highest BCUT2D eigenvalue weighted by Gasteiger charge is 2.51. The minimum atomic E-state index is -0.645. The topological polar surface area (TPSA) is 52.6 Å². The van der Waals surface area contributed by atoms with Crippen LogP contribution in [0.1, 0.15) is 67.9 Å². The third-order valence-corrected chi connectivity index (χ3v) is 8.32. The molecule has 0 aliphatic heterocycles. The summed E-state index contributed by atoms with van der Waals surface area (Å²) in [5, 5.41) is 0. The molecule has 0 spiro atoms. The van der Waals surface area contributed by atoms with E-state index in [0.29, 0.717) is 19.4 Å². The summed E-state index contributed by atoms with van der Waals surface area (Å²) in [7, 11) is 1.64. The number of allylic oxidation sites excluding steroid dienone is 2. The number of carbonyl (C=O) groups excluding carboxylic acids is 2. The second-order valence-electron chi connectivity index (χ2n) is 10.5. The fourth-order valence-electron chi connectivity index (χ4n) is 6.06. The van der Waals surface area contributed by atoms with Gasteiger partial charge in [-0.15, -0.1) is 0 Å². The molecule has 0 aromatic heterocycles. The SMILES string of the molecule is C=C(C)[C@H]1CC(=O)[C@](C)(C/C=C(/OCC)c2ccccc2)[C@@H]([C@H]2CCc3cc(OC)ccc3C2=O)C1. The Labute approximate surface area is 215 Å². The Balaban J connectivity index is 1.70. The lowest BCUT2D eigenvalue weighted by atomic mass is 9.55. The molecule has 2 aliphatic carbocycles. The molecule has 2 aliphatic rings. The first kappa shape index (κ1) is 25.9. The van der Waals surface area contributed by atoms with Gasteiger partial charge in [0.1, 0.15) is 17.3 Å². The molecule has 4 nitrogen and oxygen atoms in total. The van der Waals surface area contributed by atoms with Crippen LogP contribution in [0.4, 0.5) is 0 Å². The largest absolute Gasteiger partial charge is 0.497 e. The van der Waals surface area contributed by atoms with E-state index in [1.165, 1.54) is 0 Å². The number of Topliss-reactive ketones (excluding diaryl/α,β-unsaturated/α-hetero) is 2. The van der Waals surface area contributed by atoms with Crippen LogP contribution in [-0.2, 0) is 16.0 Å². The smallest absolute Gasteiger partial charge is 0.166 e. The molecule has 0 unspecified atom stereocenters. The average Bonchev–Trinajstić information content (AvgIpc) is 2.88. The van der Waals surface area contributed by atoms with Crippen molar-refractivity contribution in [3.63, 3.8) is 0 Å². The highest BCUT2D eigenvalue weighted by Crippen LogP contribution is 2.51. The number of fused-ring (bicyclic) bond motifs is 1. The van der Waals surface area contributed by atoms with Crippen molar-refractivity contribution in [2.24, 2.45) is 23.2 Å². The maximum Gasteiger partial charge on any atom is 0.166 e. The van der Waals surface area contributed by atoms with Crippen molar-refractivity contribution in [3.8, 4) is 5.75 Å². The quantitative estimate of drug-likeness (QED) is 0.295. The summed E-state index contributed by atoms with van der Waals surface area (Å²) in [5.41, 5.74) is 3.19. The van der Waals surface area contributed by atoms with E-state index in [1.807, 2.05) is 62.4 Å². The van der Waals surface area contributed by atoms with Crippen LogP contribution in [0.5, 0.6) is 5.75 Å². The predicted molar refractivity (Wildman–Crippen MR) is 144 cm³/mol. The molecule has 0 radical (unpaired) electrons. The zero-order valence-corrected chi connectivity index (χ0v) is 22.0. The van der Waals surface area contributed by atoms with E-state index in [0.717, 1.165) is 53.0 Å². The van der Waals surface area contributed by atoms with E-state index in [9.17, 15) is 9.59 Å². The lowest BCUT2D eigenvalue weighted by Crippen LogP contribution is -2.48. The van der Waals surface area contributed by atoms with Crippen molar-refractivity contribution in [2.45, 2.75) is 52.9 Å². The highest BCUT2D eigenvalue weighted by molar-refractivity contribution is 6.01. The van der Waals surface area contributed by atoms with E-state index in [2.05, 4.69) is 19.6 Å². The first-order valence-corrected chi connectivity index (χ1v) is 13.1. The first-order chi connectivity index (χ1) is 17.3. The molecule has 2 aromatic carbocycles. The minimum Gasteiger partial charge on any atom is -0.497 e. The molecule has 0 bridgehead atoms. The number of ether oxygens (including phenoxy) is 2. The van der Waals surface area contributed by atoms with Crippen molar-refractivity contribution < 1.29 is 19.1 Å². The van der Waals surface area contributed by atoms with Crippen molar-refractivity contribution in [1.29, 1.82) is 0 Å². The Morgan fingerprint density at radius 3 is 2.58 bits per heavy atom. The molecule has 4 heteroatoms. The molecule has 0 heterocycles. The zero-order valence-electron chi connectivity index (χ0n) is 22.0. The van der Waals surface area contributed by atoms with E-state index < -0.39 is 5.41 Å². The Morgan fingerprint density at radius 2 is 1.92 bits per heavy atom. The van der Waals surface area contributed by atoms with Gasteiger partial charge in [0.05, 0.1) is 13.7 Å². The van der Waals surface area contributed by atoms with Crippen molar-refractivity contribution in [1.82, 2.24) is 0 Å². The zero-order chi connectivity index (χ0) is 25.9. The maximum absolute atomic E-state index is 13.8. The summed E-state index contributed by atoms with van der Waals surface area (Å²) in [6, 6.07) is 15.7. The molecule has 36 heavy (non-hydrogen) atoms. The van der Waals surface area contributed by atoms with Gasteiger partial charge in [0.15, 0.2) is 5.78 Å². The summed E-state index contributed by atoms with van der Waals surface area (Å²) < 4.78 is 11.4. The second kappa shape index (κ2) is 10.9. The monoisotopic (exact) mass is 486 g/mol. The van der Waals surface area contributed by atoms with Crippen molar-refractivity contribution >= 4 is 17.3 Å². The summed E-state index contributed by atoms with van der Waals surface area (Å²) in [6.07, 6.45) is 5.46. The number of rotatable bonds is 8. The van der Waals surface area contributed by atoms with Gasteiger partial charge in [0, 0.05) is 28.9 Å². The fraction of sp³-hybridized carbons (Fsp3) is 0.438. The number of hydrogen-bond donors (Lipinski definition) is 0. The van der Waals surface area contributed by atoms with Crippen LogP contribution >= 0.6 is 0 Å². The van der Waals surface area contributed by atoms with Crippen LogP contribution in [0.2, 0.25) is 0 Å². The Morgan fingerprint density at radius 1 is 1.17 bits per heavy atom. The van der Waals surface area contributed by atoms with Crippen LogP contribution in [0, 0.1) is 23.2 Å². The number of benzene rings is 2. The third kappa shape index (κ3) is 5.04. The lowest BCUT2D eigenvalue weighted by molar-refractivity contribution is -0.136. The first-order valence-electron chi connectivity index (χ1n) is 13.1. The van der Waals surface area contributed by atoms with Crippen LogP contribution in [0.15, 0.2) is 66.8 Å². The van der Waals surface area contributed by atoms with Crippen molar-refractivity contribution in [3.05, 3.63) is 83.4 Å². The lowest BCUT2D eigenvalue weighted by Gasteiger charge is -2.47. The summed E-state index contributed by atoms with van der Waals surface area (Å²) in [5.74, 6) is 1.81. The van der Waals surface area contributed by atoms with Crippen LogP contribution in [0.25, 0.3) is 5.76 Å². The van der Waals surface area contributed by atoms with Gasteiger partial charge in [-0.1, -0.05) is 49.4 Å². The number of aryl methyl sites for hydroxylation is 1. The molecule has 1 fully saturated rings. The summed E-state index contributed by atoms with van der Waals surface area (Å²) in [4.78, 5) is 27.6. The van der Waals surface area contributed by atoms with Gasteiger partial charge in [-0.05, 0) is 81.2 Å². The second-order valence-corrected chi connectivity index (χ2v) is 10.5. The molecule has 0 N–H and O–H groups in total. The Hall–Kier alpha value is -3.14. The molecule has 1 saturated carbocycles. The van der Waals surface area contributed by atoms with Crippen LogP contribution in [0.3, 0.4) is 0 Å². The van der Waals surface area contributed by atoms with Gasteiger partial charge >= 0.3 is 0 Å². The van der Waals surface area contributed by atoms with Crippen LogP contribution < -0.4 is 4.74 Å². The number of methoxy groups -OCH3 is 1. The van der Waals surface area contributed by atoms with Gasteiger partial charge in [-0.25, -0.2) is 0 Å². The molecule has 2 aromatic rings. The molecule has 4 rings (SSSR count). The number of hydrogen-bond acceptors (Lipinski definition) is 4. The normalized spacial score (nSPS) is 26.3. The van der Waals surface area contributed by atoms with Gasteiger partial charge in [-0.2, -0.15) is 0 Å². The number of carbonyl (C=O) groups is 2. The Kier molecular flexibility index (Phi) is 7.82. The van der Waals surface area contributed by atoms with Gasteiger partial charge in [0.25, 0.3) is 0 Å². The average molecular weight is 487 g/mol. The van der Waals surface area contributed by atoms with E-state index >= 15 is 0 Å². The summed E-state index contributed by atoms with van der Waals surface area (Å²) >= 11 is 0. The predicted octanol–water partition coefficient (Wildman–Crippen LogP) is 7.09. The molecular formula is C32H38O4. The minimum absolute atomic E-state index is 0.0573. The molecular weight excluding hydrogens is 448 g/mol. The third-order valence-electron chi connectivity index (χ3n) is 8.32. The molecule has 0 amide bonds. The number of ketones is 2. The van der Waals surface area contributed by atoms with E-state index in [4.69, 9.17) is 9.47 Å².